The molecule has 0 heterocycles. The van der Waals surface area contributed by atoms with Gasteiger partial charge in [0.1, 0.15) is 5.57 Å². The van der Waals surface area contributed by atoms with E-state index >= 15 is 0 Å². The minimum atomic E-state index is -0.473. The molecule has 0 radical (unpaired) electrons. The van der Waals surface area contributed by atoms with E-state index in [0.29, 0.717) is 6.61 Å². The van der Waals surface area contributed by atoms with Gasteiger partial charge in [0.05, 0.1) is 6.61 Å². The maximum atomic E-state index is 11.9. The van der Waals surface area contributed by atoms with Gasteiger partial charge in [-0.25, -0.2) is 4.79 Å². The molecule has 0 bridgehead atoms. The smallest absolute Gasteiger partial charge is 0.341 e. The first-order chi connectivity index (χ1) is 10.5. The van der Waals surface area contributed by atoms with Crippen LogP contribution in [-0.2, 0) is 14.3 Å². The number of carbonyl (C=O) groups is 2. The highest BCUT2D eigenvalue weighted by Gasteiger charge is 2.21. The molecule has 0 spiro atoms. The van der Waals surface area contributed by atoms with Crippen molar-refractivity contribution in [1.82, 2.24) is 0 Å². The summed E-state index contributed by atoms with van der Waals surface area (Å²) in [5.74, 6) is -0.416. The summed E-state index contributed by atoms with van der Waals surface area (Å²) < 4.78 is 5.00. The Morgan fingerprint density at radius 3 is 1.95 bits per heavy atom. The summed E-state index contributed by atoms with van der Waals surface area (Å²) in [4.78, 5) is 23.6. The lowest BCUT2D eigenvalue weighted by Gasteiger charge is -2.16. The normalized spacial score (nSPS) is 13.5. The molecule has 0 aromatic rings. The SMILES string of the molecule is CCCCCCCCCC(C)/C(C)=C(/C(C)=O)C(=O)OCC. The third kappa shape index (κ3) is 8.35. The minimum absolute atomic E-state index is 0.192. The van der Waals surface area contributed by atoms with E-state index in [1.54, 1.807) is 6.92 Å². The van der Waals surface area contributed by atoms with Crippen LogP contribution in [0.15, 0.2) is 11.1 Å². The van der Waals surface area contributed by atoms with Crippen LogP contribution in [0.3, 0.4) is 0 Å². The Morgan fingerprint density at radius 1 is 0.909 bits per heavy atom. The molecule has 0 saturated heterocycles. The molecular formula is C19H34O3. The standard InChI is InChI=1S/C19H34O3/c1-6-8-9-10-11-12-13-14-15(3)16(4)18(17(5)20)19(21)22-7-2/h15H,6-14H2,1-5H3/b18-16-. The quantitative estimate of drug-likeness (QED) is 0.163. The minimum Gasteiger partial charge on any atom is -0.462 e. The third-order valence-corrected chi connectivity index (χ3v) is 4.21. The summed E-state index contributed by atoms with van der Waals surface area (Å²) >= 11 is 0. The van der Waals surface area contributed by atoms with Gasteiger partial charge in [0.15, 0.2) is 5.78 Å². The predicted octanol–water partition coefficient (Wildman–Crippen LogP) is 5.23. The first-order valence-electron chi connectivity index (χ1n) is 8.84. The Hall–Kier alpha value is -1.12. The summed E-state index contributed by atoms with van der Waals surface area (Å²) in [6, 6.07) is 0. The second kappa shape index (κ2) is 12.4. The first kappa shape index (κ1) is 20.9. The maximum absolute atomic E-state index is 11.9. The monoisotopic (exact) mass is 310 g/mol. The molecule has 3 heteroatoms. The molecule has 0 rings (SSSR count). The zero-order valence-corrected chi connectivity index (χ0v) is 15.2. The number of allylic oxidation sites excluding steroid dienone is 1. The molecule has 22 heavy (non-hydrogen) atoms. The number of unbranched alkanes of at least 4 members (excludes halogenated alkanes) is 6. The fraction of sp³-hybridized carbons (Fsp3) is 0.789. The van der Waals surface area contributed by atoms with E-state index in [2.05, 4.69) is 13.8 Å². The molecule has 0 fully saturated rings. The Morgan fingerprint density at radius 2 is 1.45 bits per heavy atom. The van der Waals surface area contributed by atoms with E-state index in [1.165, 1.54) is 45.4 Å². The van der Waals surface area contributed by atoms with Crippen LogP contribution in [0.2, 0.25) is 0 Å². The van der Waals surface area contributed by atoms with Gasteiger partial charge in [-0.1, -0.05) is 64.4 Å². The van der Waals surface area contributed by atoms with Crippen LogP contribution >= 0.6 is 0 Å². The van der Waals surface area contributed by atoms with Gasteiger partial charge in [-0.3, -0.25) is 4.79 Å². The molecular weight excluding hydrogens is 276 g/mol. The van der Waals surface area contributed by atoms with Crippen molar-refractivity contribution in [3.05, 3.63) is 11.1 Å². The van der Waals surface area contributed by atoms with Gasteiger partial charge in [-0.05, 0) is 33.1 Å². The molecule has 0 aliphatic heterocycles. The lowest BCUT2D eigenvalue weighted by Crippen LogP contribution is -2.18. The molecule has 0 aliphatic rings. The highest BCUT2D eigenvalue weighted by molar-refractivity contribution is 6.17. The maximum Gasteiger partial charge on any atom is 0.341 e. The molecule has 1 unspecified atom stereocenters. The van der Waals surface area contributed by atoms with Gasteiger partial charge in [-0.2, -0.15) is 0 Å². The van der Waals surface area contributed by atoms with Crippen molar-refractivity contribution in [2.45, 2.75) is 86.0 Å². The topological polar surface area (TPSA) is 43.4 Å². The molecule has 0 aromatic carbocycles. The van der Waals surface area contributed by atoms with Crippen molar-refractivity contribution in [2.75, 3.05) is 6.61 Å². The number of Topliss-reactive ketones (excluding diaryl/α,β-unsaturated/α-hetero) is 1. The molecule has 3 nitrogen and oxygen atoms in total. The van der Waals surface area contributed by atoms with Gasteiger partial charge in [0, 0.05) is 0 Å². The van der Waals surface area contributed by atoms with Gasteiger partial charge in [0.25, 0.3) is 0 Å². The number of hydrogen-bond donors (Lipinski definition) is 0. The summed E-state index contributed by atoms with van der Waals surface area (Å²) in [6.45, 7) is 9.71. The number of ether oxygens (including phenoxy) is 1. The van der Waals surface area contributed by atoms with Gasteiger partial charge < -0.3 is 4.74 Å². The summed E-state index contributed by atoms with van der Waals surface area (Å²) in [7, 11) is 0. The number of ketones is 1. The lowest BCUT2D eigenvalue weighted by atomic mass is 9.90. The van der Waals surface area contributed by atoms with Gasteiger partial charge in [0.2, 0.25) is 0 Å². The van der Waals surface area contributed by atoms with Crippen molar-refractivity contribution in [2.24, 2.45) is 5.92 Å². The van der Waals surface area contributed by atoms with Crippen molar-refractivity contribution in [3.63, 3.8) is 0 Å². The molecule has 0 aromatic heterocycles. The highest BCUT2D eigenvalue weighted by Crippen LogP contribution is 2.23. The lowest BCUT2D eigenvalue weighted by molar-refractivity contribution is -0.139. The van der Waals surface area contributed by atoms with Crippen LogP contribution in [0.25, 0.3) is 0 Å². The molecule has 1 atom stereocenters. The van der Waals surface area contributed by atoms with Crippen LogP contribution in [0.4, 0.5) is 0 Å². The summed E-state index contributed by atoms with van der Waals surface area (Å²) in [6.07, 6.45) is 9.96. The summed E-state index contributed by atoms with van der Waals surface area (Å²) in [5.41, 5.74) is 1.12. The van der Waals surface area contributed by atoms with Gasteiger partial charge in [-0.15, -0.1) is 0 Å². The van der Waals surface area contributed by atoms with Gasteiger partial charge >= 0.3 is 5.97 Å². The zero-order chi connectivity index (χ0) is 17.0. The largest absolute Gasteiger partial charge is 0.462 e. The molecule has 0 saturated carbocycles. The van der Waals surface area contributed by atoms with E-state index in [-0.39, 0.29) is 17.3 Å². The average molecular weight is 310 g/mol. The Labute approximate surface area is 136 Å². The molecule has 0 aliphatic carbocycles. The Kier molecular flexibility index (Phi) is 11.8. The third-order valence-electron chi connectivity index (χ3n) is 4.21. The van der Waals surface area contributed by atoms with E-state index in [4.69, 9.17) is 4.74 Å². The predicted molar refractivity (Wildman–Crippen MR) is 91.8 cm³/mol. The van der Waals surface area contributed by atoms with Crippen molar-refractivity contribution in [1.29, 1.82) is 0 Å². The van der Waals surface area contributed by atoms with Crippen LogP contribution in [0.5, 0.6) is 0 Å². The second-order valence-electron chi connectivity index (χ2n) is 6.15. The molecule has 0 N–H and O–H groups in total. The van der Waals surface area contributed by atoms with Crippen LogP contribution in [-0.4, -0.2) is 18.4 Å². The molecule has 128 valence electrons. The fourth-order valence-corrected chi connectivity index (χ4v) is 2.66. The van der Waals surface area contributed by atoms with E-state index in [1.807, 2.05) is 6.92 Å². The van der Waals surface area contributed by atoms with Crippen LogP contribution < -0.4 is 0 Å². The average Bonchev–Trinajstić information content (AvgIpc) is 2.46. The Bertz CT molecular complexity index is 369. The molecule has 0 amide bonds. The fourth-order valence-electron chi connectivity index (χ4n) is 2.66. The number of esters is 1. The van der Waals surface area contributed by atoms with E-state index < -0.39 is 5.97 Å². The highest BCUT2D eigenvalue weighted by atomic mass is 16.5. The number of rotatable bonds is 12. The second-order valence-corrected chi connectivity index (χ2v) is 6.15. The van der Waals surface area contributed by atoms with Crippen LogP contribution in [0, 0.1) is 5.92 Å². The first-order valence-corrected chi connectivity index (χ1v) is 8.84. The van der Waals surface area contributed by atoms with Crippen molar-refractivity contribution in [3.8, 4) is 0 Å². The Balaban J connectivity index is 4.35. The van der Waals surface area contributed by atoms with Crippen LogP contribution in [0.1, 0.15) is 86.0 Å². The number of hydrogen-bond acceptors (Lipinski definition) is 3. The number of carbonyl (C=O) groups excluding carboxylic acids is 2. The van der Waals surface area contributed by atoms with E-state index in [0.717, 1.165) is 18.4 Å². The van der Waals surface area contributed by atoms with Crippen molar-refractivity contribution >= 4 is 11.8 Å². The van der Waals surface area contributed by atoms with Crippen molar-refractivity contribution < 1.29 is 14.3 Å². The van der Waals surface area contributed by atoms with E-state index in [9.17, 15) is 9.59 Å². The summed E-state index contributed by atoms with van der Waals surface area (Å²) in [5, 5.41) is 0. The zero-order valence-electron chi connectivity index (χ0n) is 15.2.